The van der Waals surface area contributed by atoms with Gasteiger partial charge in [0.25, 0.3) is 0 Å². The third kappa shape index (κ3) is 3.41. The molecule has 0 N–H and O–H groups in total. The second-order valence-electron chi connectivity index (χ2n) is 5.86. The summed E-state index contributed by atoms with van der Waals surface area (Å²) in [5, 5.41) is 0.846. The smallest absolute Gasteiger partial charge is 0.351 e. The molecule has 2 aromatic carbocycles. The van der Waals surface area contributed by atoms with E-state index in [1.165, 1.54) is 0 Å². The zero-order valence-corrected chi connectivity index (χ0v) is 12.8. The lowest BCUT2D eigenvalue weighted by atomic mass is 9.91. The van der Waals surface area contributed by atoms with Crippen LogP contribution >= 0.6 is 0 Å². The van der Waals surface area contributed by atoms with Crippen LogP contribution in [0.4, 0.5) is 13.2 Å². The minimum atomic E-state index is -4.24. The number of fused-ring (bicyclic) bond motifs is 1. The molecule has 1 nitrogen and oxygen atoms in total. The van der Waals surface area contributed by atoms with E-state index in [2.05, 4.69) is 0 Å². The Morgan fingerprint density at radius 1 is 1.00 bits per heavy atom. The number of nitrogens with zero attached hydrogens (tertiary/aromatic N) is 1. The average Bonchev–Trinajstić information content (AvgIpc) is 2.88. The second kappa shape index (κ2) is 6.11. The number of rotatable bonds is 4. The van der Waals surface area contributed by atoms with Gasteiger partial charge in [0.1, 0.15) is 0 Å². The van der Waals surface area contributed by atoms with Crippen molar-refractivity contribution in [2.75, 3.05) is 0 Å². The van der Waals surface area contributed by atoms with Crippen LogP contribution in [0.1, 0.15) is 23.5 Å². The van der Waals surface area contributed by atoms with Crippen LogP contribution in [-0.2, 0) is 13.5 Å². The molecule has 0 spiro atoms. The molecule has 0 saturated carbocycles. The Labute approximate surface area is 133 Å². The van der Waals surface area contributed by atoms with E-state index >= 15 is 0 Å². The van der Waals surface area contributed by atoms with Crippen LogP contribution in [0.5, 0.6) is 0 Å². The number of benzene rings is 2. The predicted octanol–water partition coefficient (Wildman–Crippen LogP) is 5.46. The van der Waals surface area contributed by atoms with Gasteiger partial charge in [-0.15, -0.1) is 0 Å². The zero-order valence-electron chi connectivity index (χ0n) is 12.8. The summed E-state index contributed by atoms with van der Waals surface area (Å²) in [7, 11) is 1.89. The summed E-state index contributed by atoms with van der Waals surface area (Å²) in [6.07, 6.45) is -1.90. The van der Waals surface area contributed by atoms with Gasteiger partial charge in [0.2, 0.25) is 0 Å². The number of aryl methyl sites for hydroxylation is 2. The lowest BCUT2D eigenvalue weighted by molar-refractivity contribution is -0.151. The first-order valence-electron chi connectivity index (χ1n) is 7.61. The van der Waals surface area contributed by atoms with Crippen molar-refractivity contribution in [1.29, 1.82) is 0 Å². The minimum Gasteiger partial charge on any atom is -0.351 e. The summed E-state index contributed by atoms with van der Waals surface area (Å²) in [5.74, 6) is -1.44. The predicted molar refractivity (Wildman–Crippen MR) is 86.5 cm³/mol. The Hall–Kier alpha value is -2.23. The number of hydrogen-bond acceptors (Lipinski definition) is 0. The molecule has 0 aliphatic rings. The van der Waals surface area contributed by atoms with E-state index in [1.54, 1.807) is 18.2 Å². The van der Waals surface area contributed by atoms with Crippen molar-refractivity contribution in [3.8, 4) is 0 Å². The van der Waals surface area contributed by atoms with Gasteiger partial charge in [0, 0.05) is 18.8 Å². The first kappa shape index (κ1) is 15.7. The Balaban J connectivity index is 1.88. The Morgan fingerprint density at radius 2 is 1.74 bits per heavy atom. The number of aromatic nitrogens is 1. The van der Waals surface area contributed by atoms with Gasteiger partial charge >= 0.3 is 6.18 Å². The average molecular weight is 317 g/mol. The van der Waals surface area contributed by atoms with Crippen molar-refractivity contribution in [2.24, 2.45) is 7.05 Å². The van der Waals surface area contributed by atoms with E-state index in [4.69, 9.17) is 0 Å². The molecule has 3 rings (SSSR count). The fourth-order valence-corrected chi connectivity index (χ4v) is 2.99. The molecule has 0 fully saturated rings. The zero-order chi connectivity index (χ0) is 16.4. The summed E-state index contributed by atoms with van der Waals surface area (Å²) in [6.45, 7) is 0. The van der Waals surface area contributed by atoms with E-state index in [1.807, 2.05) is 54.2 Å². The Bertz CT molecular complexity index is 787. The maximum atomic E-state index is 13.5. The summed E-state index contributed by atoms with van der Waals surface area (Å²) >= 11 is 0. The molecule has 1 atom stereocenters. The molecule has 0 amide bonds. The van der Waals surface area contributed by atoms with Crippen LogP contribution in [0, 0.1) is 0 Å². The molecule has 120 valence electrons. The van der Waals surface area contributed by atoms with Crippen molar-refractivity contribution >= 4 is 10.9 Å². The Morgan fingerprint density at radius 3 is 2.43 bits per heavy atom. The highest BCUT2D eigenvalue weighted by Gasteiger charge is 2.40. The summed E-state index contributed by atoms with van der Waals surface area (Å²) in [5.41, 5.74) is 2.22. The van der Waals surface area contributed by atoms with Crippen molar-refractivity contribution < 1.29 is 13.2 Å². The fourth-order valence-electron chi connectivity index (χ4n) is 2.99. The molecule has 1 aromatic heterocycles. The molecule has 0 saturated heterocycles. The normalized spacial score (nSPS) is 13.4. The van der Waals surface area contributed by atoms with Gasteiger partial charge in [0.05, 0.1) is 5.92 Å². The van der Waals surface area contributed by atoms with Gasteiger partial charge in [-0.3, -0.25) is 0 Å². The van der Waals surface area contributed by atoms with Crippen LogP contribution in [0.3, 0.4) is 0 Å². The van der Waals surface area contributed by atoms with E-state index < -0.39 is 12.1 Å². The van der Waals surface area contributed by atoms with Gasteiger partial charge in [-0.2, -0.15) is 13.2 Å². The number of hydrogen-bond donors (Lipinski definition) is 0. The van der Waals surface area contributed by atoms with Crippen LogP contribution < -0.4 is 0 Å². The number of alkyl halides is 3. The SMILES string of the molecule is Cn1ccc2cc(C(CCc3ccccc3)C(F)(F)F)ccc21. The van der Waals surface area contributed by atoms with E-state index in [0.717, 1.165) is 16.5 Å². The molecule has 3 aromatic rings. The summed E-state index contributed by atoms with van der Waals surface area (Å²) in [6, 6.07) is 16.2. The molecule has 1 heterocycles. The van der Waals surface area contributed by atoms with Crippen molar-refractivity contribution in [1.82, 2.24) is 4.57 Å². The third-order valence-electron chi connectivity index (χ3n) is 4.27. The standard InChI is InChI=1S/C19H18F3N/c1-23-12-11-16-13-15(8-10-18(16)23)17(19(20,21)22)9-7-14-5-3-2-4-6-14/h2-6,8,10-13,17H,7,9H2,1H3. The highest BCUT2D eigenvalue weighted by atomic mass is 19.4. The molecule has 0 bridgehead atoms. The maximum absolute atomic E-state index is 13.5. The van der Waals surface area contributed by atoms with Gasteiger partial charge in [-0.25, -0.2) is 0 Å². The molecule has 1 unspecified atom stereocenters. The van der Waals surface area contributed by atoms with Crippen molar-refractivity contribution in [3.05, 3.63) is 71.9 Å². The van der Waals surface area contributed by atoms with E-state index in [0.29, 0.717) is 12.0 Å². The van der Waals surface area contributed by atoms with Crippen LogP contribution in [0.2, 0.25) is 0 Å². The fraction of sp³-hybridized carbons (Fsp3) is 0.263. The molecule has 0 aliphatic carbocycles. The summed E-state index contributed by atoms with van der Waals surface area (Å²) in [4.78, 5) is 0. The highest BCUT2D eigenvalue weighted by Crippen LogP contribution is 2.39. The molecular weight excluding hydrogens is 299 g/mol. The van der Waals surface area contributed by atoms with Crippen molar-refractivity contribution in [3.63, 3.8) is 0 Å². The largest absolute Gasteiger partial charge is 0.395 e. The molecule has 0 radical (unpaired) electrons. The van der Waals surface area contributed by atoms with Gasteiger partial charge < -0.3 is 4.57 Å². The molecular formula is C19H18F3N. The van der Waals surface area contributed by atoms with Crippen LogP contribution in [0.25, 0.3) is 10.9 Å². The van der Waals surface area contributed by atoms with Gasteiger partial charge in [-0.05, 0) is 47.6 Å². The summed E-state index contributed by atoms with van der Waals surface area (Å²) < 4.78 is 42.4. The lowest BCUT2D eigenvalue weighted by Gasteiger charge is -2.21. The van der Waals surface area contributed by atoms with Crippen LogP contribution in [0.15, 0.2) is 60.8 Å². The minimum absolute atomic E-state index is 0.0614. The first-order valence-corrected chi connectivity index (χ1v) is 7.61. The van der Waals surface area contributed by atoms with E-state index in [-0.39, 0.29) is 6.42 Å². The van der Waals surface area contributed by atoms with E-state index in [9.17, 15) is 13.2 Å². The topological polar surface area (TPSA) is 4.93 Å². The molecule has 4 heteroatoms. The monoisotopic (exact) mass is 317 g/mol. The first-order chi connectivity index (χ1) is 10.9. The second-order valence-corrected chi connectivity index (χ2v) is 5.86. The lowest BCUT2D eigenvalue weighted by Crippen LogP contribution is -2.21. The third-order valence-corrected chi connectivity index (χ3v) is 4.27. The van der Waals surface area contributed by atoms with Gasteiger partial charge in [-0.1, -0.05) is 36.4 Å². The molecule has 23 heavy (non-hydrogen) atoms. The quantitative estimate of drug-likeness (QED) is 0.602. The highest BCUT2D eigenvalue weighted by molar-refractivity contribution is 5.80. The van der Waals surface area contributed by atoms with Gasteiger partial charge in [0.15, 0.2) is 0 Å². The number of halogens is 3. The maximum Gasteiger partial charge on any atom is 0.395 e. The molecule has 0 aliphatic heterocycles. The van der Waals surface area contributed by atoms with Crippen molar-refractivity contribution in [2.45, 2.75) is 24.9 Å². The Kier molecular flexibility index (Phi) is 4.16. The van der Waals surface area contributed by atoms with Crippen LogP contribution in [-0.4, -0.2) is 10.7 Å².